The van der Waals surface area contributed by atoms with Crippen LogP contribution in [0.2, 0.25) is 0 Å². The van der Waals surface area contributed by atoms with Gasteiger partial charge in [-0.3, -0.25) is 9.59 Å². The van der Waals surface area contributed by atoms with Crippen LogP contribution in [0.15, 0.2) is 12.3 Å². The molecule has 11 heteroatoms. The largest absolute Gasteiger partial charge is 0.465 e. The highest BCUT2D eigenvalue weighted by Gasteiger charge is 2.26. The second-order valence-corrected chi connectivity index (χ2v) is 5.55. The number of aromatic nitrogens is 2. The van der Waals surface area contributed by atoms with Crippen LogP contribution < -0.4 is 11.1 Å². The number of esters is 1. The molecule has 0 saturated carbocycles. The van der Waals surface area contributed by atoms with E-state index < -0.39 is 24.3 Å². The zero-order valence-electron chi connectivity index (χ0n) is 12.5. The predicted molar refractivity (Wildman–Crippen MR) is 80.3 cm³/mol. The van der Waals surface area contributed by atoms with Gasteiger partial charge in [-0.2, -0.15) is 13.9 Å². The minimum atomic E-state index is -2.89. The zero-order chi connectivity index (χ0) is 18.0. The molecule has 0 radical (unpaired) electrons. The summed E-state index contributed by atoms with van der Waals surface area (Å²) in [5, 5.41) is 5.80. The molecule has 0 saturated heterocycles. The van der Waals surface area contributed by atoms with E-state index in [9.17, 15) is 23.2 Å². The fourth-order valence-corrected chi connectivity index (χ4v) is 2.96. The fraction of sp³-hybridized carbons (Fsp3) is 0.231. The first-order chi connectivity index (χ1) is 11.3. The van der Waals surface area contributed by atoms with Crippen molar-refractivity contribution in [1.29, 1.82) is 0 Å². The number of nitrogens with zero attached hydrogens (tertiary/aromatic N) is 2. The number of nitrogens with one attached hydrogen (secondary N) is 1. The Labute approximate surface area is 138 Å². The van der Waals surface area contributed by atoms with Gasteiger partial charge in [0.1, 0.15) is 5.00 Å². The molecule has 0 aliphatic carbocycles. The van der Waals surface area contributed by atoms with Crippen molar-refractivity contribution in [2.45, 2.75) is 13.5 Å². The molecule has 8 nitrogen and oxygen atoms in total. The summed E-state index contributed by atoms with van der Waals surface area (Å²) in [7, 11) is 1.14. The normalized spacial score (nSPS) is 10.7. The number of alkyl halides is 2. The second kappa shape index (κ2) is 6.74. The summed E-state index contributed by atoms with van der Waals surface area (Å²) < 4.78 is 29.9. The van der Waals surface area contributed by atoms with E-state index in [1.807, 2.05) is 0 Å². The number of halogens is 2. The quantitative estimate of drug-likeness (QED) is 0.791. The van der Waals surface area contributed by atoms with Gasteiger partial charge < -0.3 is 15.8 Å². The number of carbonyl (C=O) groups is 3. The van der Waals surface area contributed by atoms with Crippen molar-refractivity contribution >= 4 is 34.1 Å². The lowest BCUT2D eigenvalue weighted by atomic mass is 10.1. The van der Waals surface area contributed by atoms with E-state index >= 15 is 0 Å². The summed E-state index contributed by atoms with van der Waals surface area (Å²) in [6.07, 6.45) is 0.940. The fourth-order valence-electron chi connectivity index (χ4n) is 1.92. The lowest BCUT2D eigenvalue weighted by molar-refractivity contribution is 0.0560. The summed E-state index contributed by atoms with van der Waals surface area (Å²) in [5.41, 5.74) is 5.17. The first-order valence-electron chi connectivity index (χ1n) is 6.42. The molecule has 2 amide bonds. The molecule has 3 N–H and O–H groups in total. The van der Waals surface area contributed by atoms with Gasteiger partial charge in [-0.15, -0.1) is 11.3 Å². The predicted octanol–water partition coefficient (Wildman–Crippen LogP) is 1.79. The second-order valence-electron chi connectivity index (χ2n) is 4.53. The number of ether oxygens (including phenoxy) is 1. The average Bonchev–Trinajstić information content (AvgIpc) is 3.12. The third-order valence-electron chi connectivity index (χ3n) is 3.03. The highest BCUT2D eigenvalue weighted by Crippen LogP contribution is 2.33. The molecule has 2 aromatic heterocycles. The van der Waals surface area contributed by atoms with Crippen LogP contribution in [0.5, 0.6) is 0 Å². The van der Waals surface area contributed by atoms with Crippen LogP contribution in [0.4, 0.5) is 13.8 Å². The molecule has 0 aromatic carbocycles. The number of thiophene rings is 1. The van der Waals surface area contributed by atoms with Gasteiger partial charge in [-0.1, -0.05) is 0 Å². The number of methoxy groups -OCH3 is 1. The van der Waals surface area contributed by atoms with Gasteiger partial charge in [0.2, 0.25) is 0 Å². The first kappa shape index (κ1) is 17.5. The minimum Gasteiger partial charge on any atom is -0.465 e. The Kier molecular flexibility index (Phi) is 4.93. The van der Waals surface area contributed by atoms with Gasteiger partial charge in [0.15, 0.2) is 5.69 Å². The molecule has 128 valence electrons. The maximum Gasteiger partial charge on any atom is 0.341 e. The molecule has 24 heavy (non-hydrogen) atoms. The number of nitrogens with two attached hydrogens (primary N) is 1. The van der Waals surface area contributed by atoms with Gasteiger partial charge in [-0.05, 0) is 18.6 Å². The molecule has 0 fully saturated rings. The SMILES string of the molecule is COC(=O)c1c(NC(=O)c2ccn(C(F)F)n2)sc(C(N)=O)c1C. The summed E-state index contributed by atoms with van der Waals surface area (Å²) in [6.45, 7) is -1.41. The van der Waals surface area contributed by atoms with Crippen molar-refractivity contribution in [3.8, 4) is 0 Å². The highest BCUT2D eigenvalue weighted by atomic mass is 32.1. The molecular formula is C13H12F2N4O4S. The Morgan fingerprint density at radius 1 is 1.42 bits per heavy atom. The molecular weight excluding hydrogens is 346 g/mol. The standard InChI is InChI=1S/C13H12F2N4O4S/c1-5-7(12(22)23-2)11(24-8(5)9(16)20)17-10(21)6-3-4-19(18-6)13(14)15/h3-4,13H,1-2H3,(H2,16,20)(H,17,21). The van der Waals surface area contributed by atoms with Crippen molar-refractivity contribution < 1.29 is 27.9 Å². The van der Waals surface area contributed by atoms with Gasteiger partial charge >= 0.3 is 12.5 Å². The van der Waals surface area contributed by atoms with Crippen molar-refractivity contribution in [2.75, 3.05) is 12.4 Å². The number of carbonyl (C=O) groups excluding carboxylic acids is 3. The molecule has 0 aliphatic rings. The third-order valence-corrected chi connectivity index (χ3v) is 4.25. The van der Waals surface area contributed by atoms with Gasteiger partial charge in [-0.25, -0.2) is 9.48 Å². The molecule has 2 rings (SSSR count). The van der Waals surface area contributed by atoms with Crippen LogP contribution in [-0.2, 0) is 4.74 Å². The van der Waals surface area contributed by atoms with E-state index in [1.54, 1.807) is 0 Å². The Bertz CT molecular complexity index is 815. The first-order valence-corrected chi connectivity index (χ1v) is 7.24. The lowest BCUT2D eigenvalue weighted by Crippen LogP contribution is -2.15. The smallest absolute Gasteiger partial charge is 0.341 e. The van der Waals surface area contributed by atoms with Gasteiger partial charge in [0, 0.05) is 6.20 Å². The average molecular weight is 358 g/mol. The maximum absolute atomic E-state index is 12.5. The Morgan fingerprint density at radius 2 is 2.08 bits per heavy atom. The van der Waals surface area contributed by atoms with Crippen LogP contribution >= 0.6 is 11.3 Å². The molecule has 0 aliphatic heterocycles. The topological polar surface area (TPSA) is 116 Å². The molecule has 2 aromatic rings. The van der Waals surface area contributed by atoms with E-state index in [4.69, 9.17) is 5.73 Å². The summed E-state index contributed by atoms with van der Waals surface area (Å²) in [6, 6.07) is 1.09. The number of rotatable bonds is 5. The van der Waals surface area contributed by atoms with Crippen molar-refractivity contribution in [2.24, 2.45) is 5.73 Å². The Morgan fingerprint density at radius 3 is 2.58 bits per heavy atom. The molecule has 0 bridgehead atoms. The molecule has 0 unspecified atom stereocenters. The summed E-state index contributed by atoms with van der Waals surface area (Å²) in [5.74, 6) is -2.37. The van der Waals surface area contributed by atoms with Gasteiger partial charge in [0.25, 0.3) is 11.8 Å². The van der Waals surface area contributed by atoms with Crippen LogP contribution in [-0.4, -0.2) is 34.7 Å². The Hall–Kier alpha value is -2.82. The maximum atomic E-state index is 12.5. The van der Waals surface area contributed by atoms with E-state index in [0.717, 1.165) is 30.7 Å². The number of primary amides is 1. The van der Waals surface area contributed by atoms with Crippen LogP contribution in [0.25, 0.3) is 0 Å². The number of anilines is 1. The molecule has 0 spiro atoms. The Balaban J connectivity index is 2.37. The number of hydrogen-bond donors (Lipinski definition) is 2. The molecule has 0 atom stereocenters. The van der Waals surface area contributed by atoms with Crippen molar-refractivity contribution in [1.82, 2.24) is 9.78 Å². The third kappa shape index (κ3) is 3.25. The minimum absolute atomic E-state index is 0.0183. The van der Waals surface area contributed by atoms with E-state index in [1.165, 1.54) is 6.92 Å². The van der Waals surface area contributed by atoms with E-state index in [-0.39, 0.29) is 26.7 Å². The summed E-state index contributed by atoms with van der Waals surface area (Å²) >= 11 is 0.784. The zero-order valence-corrected chi connectivity index (χ0v) is 13.3. The van der Waals surface area contributed by atoms with Gasteiger partial charge in [0.05, 0.1) is 17.6 Å². The molecule has 2 heterocycles. The lowest BCUT2D eigenvalue weighted by Gasteiger charge is -2.04. The van der Waals surface area contributed by atoms with Crippen molar-refractivity contribution in [3.63, 3.8) is 0 Å². The van der Waals surface area contributed by atoms with E-state index in [2.05, 4.69) is 15.2 Å². The van der Waals surface area contributed by atoms with Crippen LogP contribution in [0, 0.1) is 6.92 Å². The highest BCUT2D eigenvalue weighted by molar-refractivity contribution is 7.18. The van der Waals surface area contributed by atoms with Crippen molar-refractivity contribution in [3.05, 3.63) is 34.0 Å². The van der Waals surface area contributed by atoms with E-state index in [0.29, 0.717) is 4.68 Å². The van der Waals surface area contributed by atoms with Crippen LogP contribution in [0.1, 0.15) is 42.6 Å². The number of amides is 2. The monoisotopic (exact) mass is 358 g/mol. The summed E-state index contributed by atoms with van der Waals surface area (Å²) in [4.78, 5) is 35.4. The van der Waals surface area contributed by atoms with Crippen LogP contribution in [0.3, 0.4) is 0 Å². The number of hydrogen-bond acceptors (Lipinski definition) is 6.